The molecule has 16 heteroatoms. The highest BCUT2D eigenvalue weighted by Gasteiger charge is 2.36. The Bertz CT molecular complexity index is 2090. The summed E-state index contributed by atoms with van der Waals surface area (Å²) >= 11 is 0. The minimum atomic E-state index is -0.853. The SMILES string of the molecule is C=CC(=O)N1CCCC1.CCn1c(-c2cccnc2C(C)OC)c(CC(C)(C)COC=O)c2cc(N3CCOC(CC(NC(=O)C(C(C)C)N(C)C=O)C(=O)N4CCCCN4)C3)ccc21. The zero-order valence-corrected chi connectivity index (χ0v) is 39.8. The smallest absolute Gasteiger partial charge is 0.293 e. The van der Waals surface area contributed by atoms with Gasteiger partial charge in [-0.15, -0.1) is 0 Å². The Morgan fingerprint density at radius 2 is 1.82 bits per heavy atom. The van der Waals surface area contributed by atoms with Crippen molar-refractivity contribution in [1.82, 2.24) is 35.1 Å². The predicted octanol–water partition coefficient (Wildman–Crippen LogP) is 5.29. The molecule has 4 atom stereocenters. The molecule has 4 unspecified atom stereocenters. The second-order valence-electron chi connectivity index (χ2n) is 18.4. The van der Waals surface area contributed by atoms with Gasteiger partial charge in [0.1, 0.15) is 12.1 Å². The Morgan fingerprint density at radius 1 is 1.08 bits per heavy atom. The first-order valence-corrected chi connectivity index (χ1v) is 23.2. The number of pyridine rings is 1. The molecule has 2 N–H and O–H groups in total. The number of likely N-dealkylation sites (N-methyl/N-ethyl adjacent to an activating group) is 1. The minimum absolute atomic E-state index is 0.0764. The summed E-state index contributed by atoms with van der Waals surface area (Å²) in [4.78, 5) is 71.6. The fraction of sp³-hybridized carbons (Fsp3) is 0.592. The Hall–Kier alpha value is -5.32. The molecule has 6 rings (SSSR count). The van der Waals surface area contributed by atoms with E-state index < -0.39 is 12.1 Å². The number of nitrogens with zero attached hydrogens (tertiary/aromatic N) is 6. The first-order valence-electron chi connectivity index (χ1n) is 23.2. The summed E-state index contributed by atoms with van der Waals surface area (Å²) in [7, 11) is 3.27. The van der Waals surface area contributed by atoms with E-state index in [9.17, 15) is 24.0 Å². The van der Waals surface area contributed by atoms with Gasteiger partial charge in [-0.1, -0.05) is 34.3 Å². The van der Waals surface area contributed by atoms with E-state index in [-0.39, 0.29) is 54.3 Å². The molecular weight excluding hydrogens is 829 g/mol. The Morgan fingerprint density at radius 3 is 2.45 bits per heavy atom. The normalized spacial score (nSPS) is 18.0. The number of likely N-dealkylation sites (tertiary alicyclic amines) is 1. The molecule has 3 fully saturated rings. The molecule has 3 saturated heterocycles. The standard InChI is InChI=1S/C42H61N7O7.C7H11NO/c1-9-48-36-15-14-30(21-33(36)34(23-42(5,6)25-55-27-51)39(48)32-13-12-16-43-37(32)29(4)54-8)47-19-20-56-31(24-47)22-35(41(53)49-18-11-10-17-44-49)45-40(52)38(28(2)3)46(7)26-50;1-2-7(9)8-5-3-4-6-8/h12-16,21,26-29,31,35,38,44H,9-11,17-20,22-25H2,1-8H3,(H,45,52);2H,1,3-6H2. The van der Waals surface area contributed by atoms with E-state index in [2.05, 4.69) is 71.8 Å². The van der Waals surface area contributed by atoms with Crippen LogP contribution in [0.2, 0.25) is 0 Å². The third-order valence-corrected chi connectivity index (χ3v) is 12.6. The summed E-state index contributed by atoms with van der Waals surface area (Å²) in [5.41, 5.74) is 8.96. The third-order valence-electron chi connectivity index (χ3n) is 12.6. The highest BCUT2D eigenvalue weighted by Crippen LogP contribution is 2.42. The summed E-state index contributed by atoms with van der Waals surface area (Å²) in [6.07, 6.45) is 8.27. The molecule has 65 heavy (non-hydrogen) atoms. The number of aromatic nitrogens is 2. The van der Waals surface area contributed by atoms with Crippen LogP contribution in [0.15, 0.2) is 49.2 Å². The average Bonchev–Trinajstić information content (AvgIpc) is 3.97. The molecule has 2 aromatic heterocycles. The first kappa shape index (κ1) is 50.7. The van der Waals surface area contributed by atoms with Crippen LogP contribution in [0.4, 0.5) is 5.69 Å². The van der Waals surface area contributed by atoms with Crippen molar-refractivity contribution in [2.45, 2.75) is 111 Å². The van der Waals surface area contributed by atoms with Crippen LogP contribution in [0, 0.1) is 11.3 Å². The van der Waals surface area contributed by atoms with Crippen molar-refractivity contribution >= 4 is 47.2 Å². The zero-order valence-electron chi connectivity index (χ0n) is 39.8. The van der Waals surface area contributed by atoms with Gasteiger partial charge >= 0.3 is 0 Å². The van der Waals surface area contributed by atoms with Crippen LogP contribution in [-0.2, 0) is 51.1 Å². The minimum Gasteiger partial charge on any atom is -0.467 e. The number of fused-ring (bicyclic) bond motifs is 1. The molecule has 0 radical (unpaired) electrons. The van der Waals surface area contributed by atoms with E-state index >= 15 is 0 Å². The molecule has 0 aliphatic carbocycles. The molecule has 0 spiro atoms. The molecule has 3 aromatic rings. The van der Waals surface area contributed by atoms with Crippen LogP contribution in [-0.4, -0.2) is 140 Å². The van der Waals surface area contributed by atoms with Crippen LogP contribution in [0.25, 0.3) is 22.2 Å². The van der Waals surface area contributed by atoms with Crippen LogP contribution < -0.4 is 15.6 Å². The topological polar surface area (TPSA) is 168 Å². The fourth-order valence-electron chi connectivity index (χ4n) is 9.26. The molecule has 4 amide bonds. The number of nitrogens with one attached hydrogen (secondary N) is 2. The number of carbonyl (C=O) groups is 5. The third kappa shape index (κ3) is 12.7. The predicted molar refractivity (Wildman–Crippen MR) is 252 cm³/mol. The van der Waals surface area contributed by atoms with Crippen molar-refractivity contribution in [3.05, 3.63) is 60.4 Å². The Labute approximate surface area is 385 Å². The number of carbonyl (C=O) groups excluding carboxylic acids is 5. The van der Waals surface area contributed by atoms with Gasteiger partial charge in [0.05, 0.1) is 36.8 Å². The van der Waals surface area contributed by atoms with E-state index in [0.29, 0.717) is 52.1 Å². The number of morpholine rings is 1. The van der Waals surface area contributed by atoms with E-state index in [4.69, 9.17) is 19.2 Å². The molecule has 3 aliphatic rings. The zero-order chi connectivity index (χ0) is 47.3. The van der Waals surface area contributed by atoms with Gasteiger partial charge in [-0.25, -0.2) is 5.43 Å². The van der Waals surface area contributed by atoms with Gasteiger partial charge in [0.15, 0.2) is 0 Å². The van der Waals surface area contributed by atoms with Gasteiger partial charge in [-0.05, 0) is 93.8 Å². The first-order chi connectivity index (χ1) is 31.2. The maximum atomic E-state index is 14.0. The molecule has 0 saturated carbocycles. The fourth-order valence-corrected chi connectivity index (χ4v) is 9.26. The second kappa shape index (κ2) is 23.7. The molecule has 16 nitrogen and oxygen atoms in total. The second-order valence-corrected chi connectivity index (χ2v) is 18.4. The monoisotopic (exact) mass is 901 g/mol. The summed E-state index contributed by atoms with van der Waals surface area (Å²) in [5, 5.41) is 5.71. The lowest BCUT2D eigenvalue weighted by atomic mass is 9.84. The summed E-state index contributed by atoms with van der Waals surface area (Å²) in [5.74, 6) is -0.666. The number of anilines is 1. The number of hydrogen-bond acceptors (Lipinski definition) is 11. The lowest BCUT2D eigenvalue weighted by molar-refractivity contribution is -0.143. The number of aryl methyl sites for hydroxylation is 1. The van der Waals surface area contributed by atoms with Gasteiger partial charge in [0.25, 0.3) is 12.4 Å². The van der Waals surface area contributed by atoms with Gasteiger partial charge in [-0.3, -0.25) is 34.0 Å². The number of hydrazine groups is 1. The van der Waals surface area contributed by atoms with Crippen LogP contribution in [0.3, 0.4) is 0 Å². The number of hydrogen-bond donors (Lipinski definition) is 2. The number of methoxy groups -OCH3 is 1. The van der Waals surface area contributed by atoms with E-state index in [0.717, 1.165) is 84.4 Å². The van der Waals surface area contributed by atoms with Crippen LogP contribution >= 0.6 is 0 Å². The number of benzene rings is 1. The van der Waals surface area contributed by atoms with E-state index in [1.54, 1.807) is 25.4 Å². The quantitative estimate of drug-likeness (QED) is 0.119. The largest absolute Gasteiger partial charge is 0.467 e. The highest BCUT2D eigenvalue weighted by molar-refractivity contribution is 5.95. The molecule has 3 aliphatic heterocycles. The van der Waals surface area contributed by atoms with Gasteiger partial charge in [-0.2, -0.15) is 0 Å². The molecule has 0 bridgehead atoms. The molecular formula is C49H72N8O8. The van der Waals surface area contributed by atoms with Gasteiger partial charge in [0, 0.05) is 100 Å². The summed E-state index contributed by atoms with van der Waals surface area (Å²) in [6, 6.07) is 9.01. The van der Waals surface area contributed by atoms with Crippen molar-refractivity contribution < 1.29 is 38.2 Å². The van der Waals surface area contributed by atoms with E-state index in [1.165, 1.54) is 11.0 Å². The van der Waals surface area contributed by atoms with Crippen molar-refractivity contribution in [3.8, 4) is 11.3 Å². The van der Waals surface area contributed by atoms with Crippen LogP contribution in [0.1, 0.15) is 91.0 Å². The van der Waals surface area contributed by atoms with Crippen LogP contribution in [0.5, 0.6) is 0 Å². The Kier molecular flexibility index (Phi) is 18.5. The number of ether oxygens (including phenoxy) is 3. The maximum absolute atomic E-state index is 14.0. The average molecular weight is 901 g/mol. The van der Waals surface area contributed by atoms with Gasteiger partial charge < -0.3 is 38.8 Å². The summed E-state index contributed by atoms with van der Waals surface area (Å²) in [6.45, 7) is 21.7. The lowest BCUT2D eigenvalue weighted by Crippen LogP contribution is -2.59. The molecule has 5 heterocycles. The molecule has 356 valence electrons. The summed E-state index contributed by atoms with van der Waals surface area (Å²) < 4.78 is 19.7. The van der Waals surface area contributed by atoms with Crippen molar-refractivity contribution in [1.29, 1.82) is 0 Å². The van der Waals surface area contributed by atoms with Gasteiger partial charge in [0.2, 0.25) is 18.2 Å². The maximum Gasteiger partial charge on any atom is 0.293 e. The van der Waals surface area contributed by atoms with Crippen molar-refractivity contribution in [2.75, 3.05) is 71.5 Å². The number of rotatable bonds is 19. The Balaban J connectivity index is 0.000000785. The lowest BCUT2D eigenvalue weighted by Gasteiger charge is -2.38. The number of amides is 4. The highest BCUT2D eigenvalue weighted by atomic mass is 16.5. The van der Waals surface area contributed by atoms with Crippen molar-refractivity contribution in [2.24, 2.45) is 11.3 Å². The molecule has 1 aromatic carbocycles. The van der Waals surface area contributed by atoms with Crippen molar-refractivity contribution in [3.63, 3.8) is 0 Å². The van der Waals surface area contributed by atoms with E-state index in [1.807, 2.05) is 31.7 Å².